The third kappa shape index (κ3) is 1.89. The van der Waals surface area contributed by atoms with Gasteiger partial charge in [-0.05, 0) is 36.2 Å². The number of methoxy groups -OCH3 is 2. The molecule has 0 aliphatic carbocycles. The molecule has 0 unspecified atom stereocenters. The number of ether oxygens (including phenoxy) is 2. The molecule has 0 fully saturated rings. The number of aryl methyl sites for hydroxylation is 1. The number of aromatic nitrogens is 1. The molecule has 0 amide bonds. The van der Waals surface area contributed by atoms with Crippen LogP contribution in [0.3, 0.4) is 0 Å². The van der Waals surface area contributed by atoms with Gasteiger partial charge in [0.15, 0.2) is 11.5 Å². The standard InChI is InChI=1S/C13H15NO2/c1-9-6-11(8-14-9)10-4-5-12(15-2)13(7-10)16-3/h4-8,14H,1-3H3. The summed E-state index contributed by atoms with van der Waals surface area (Å²) in [6.45, 7) is 2.03. The van der Waals surface area contributed by atoms with Crippen LogP contribution >= 0.6 is 0 Å². The van der Waals surface area contributed by atoms with Crippen molar-refractivity contribution in [2.24, 2.45) is 0 Å². The second kappa shape index (κ2) is 4.31. The van der Waals surface area contributed by atoms with E-state index in [1.807, 2.05) is 31.3 Å². The van der Waals surface area contributed by atoms with Crippen molar-refractivity contribution in [3.8, 4) is 22.6 Å². The van der Waals surface area contributed by atoms with Crippen molar-refractivity contribution >= 4 is 0 Å². The zero-order valence-corrected chi connectivity index (χ0v) is 9.70. The predicted molar refractivity (Wildman–Crippen MR) is 64.1 cm³/mol. The Hall–Kier alpha value is -1.90. The van der Waals surface area contributed by atoms with Crippen LogP contribution in [0.15, 0.2) is 30.5 Å². The number of rotatable bonds is 3. The Kier molecular flexibility index (Phi) is 2.86. The fraction of sp³-hybridized carbons (Fsp3) is 0.231. The first-order valence-electron chi connectivity index (χ1n) is 5.12. The van der Waals surface area contributed by atoms with Crippen LogP contribution in [0.2, 0.25) is 0 Å². The van der Waals surface area contributed by atoms with Crippen LogP contribution < -0.4 is 9.47 Å². The van der Waals surface area contributed by atoms with Gasteiger partial charge in [0.05, 0.1) is 14.2 Å². The SMILES string of the molecule is COc1ccc(-c2c[nH]c(C)c2)cc1OC. The van der Waals surface area contributed by atoms with Crippen LogP contribution in [0, 0.1) is 6.92 Å². The molecule has 2 aromatic rings. The molecule has 0 aliphatic rings. The average Bonchev–Trinajstić information content (AvgIpc) is 2.75. The molecular weight excluding hydrogens is 202 g/mol. The zero-order valence-electron chi connectivity index (χ0n) is 9.70. The Balaban J connectivity index is 2.43. The number of aromatic amines is 1. The maximum atomic E-state index is 5.27. The van der Waals surface area contributed by atoms with Gasteiger partial charge in [-0.3, -0.25) is 0 Å². The summed E-state index contributed by atoms with van der Waals surface area (Å²) in [6, 6.07) is 8.00. The van der Waals surface area contributed by atoms with Crippen LogP contribution in [0.4, 0.5) is 0 Å². The smallest absolute Gasteiger partial charge is 0.161 e. The lowest BCUT2D eigenvalue weighted by Gasteiger charge is -2.08. The van der Waals surface area contributed by atoms with E-state index in [9.17, 15) is 0 Å². The second-order valence-corrected chi connectivity index (χ2v) is 3.64. The Morgan fingerprint density at radius 1 is 0.938 bits per heavy atom. The van der Waals surface area contributed by atoms with E-state index in [-0.39, 0.29) is 0 Å². The monoisotopic (exact) mass is 217 g/mol. The molecule has 0 aliphatic heterocycles. The molecule has 1 N–H and O–H groups in total. The van der Waals surface area contributed by atoms with E-state index in [1.165, 1.54) is 0 Å². The van der Waals surface area contributed by atoms with Crippen molar-refractivity contribution in [3.05, 3.63) is 36.2 Å². The maximum Gasteiger partial charge on any atom is 0.161 e. The van der Waals surface area contributed by atoms with Crippen molar-refractivity contribution in [2.75, 3.05) is 14.2 Å². The van der Waals surface area contributed by atoms with Gasteiger partial charge in [-0.2, -0.15) is 0 Å². The molecule has 1 aromatic carbocycles. The lowest BCUT2D eigenvalue weighted by atomic mass is 10.1. The lowest BCUT2D eigenvalue weighted by molar-refractivity contribution is 0.355. The summed E-state index contributed by atoms with van der Waals surface area (Å²) in [5.41, 5.74) is 3.41. The first kappa shape index (κ1) is 10.6. The van der Waals surface area contributed by atoms with Gasteiger partial charge in [0, 0.05) is 11.9 Å². The van der Waals surface area contributed by atoms with Crippen molar-refractivity contribution in [1.29, 1.82) is 0 Å². The highest BCUT2D eigenvalue weighted by molar-refractivity contribution is 5.67. The molecule has 16 heavy (non-hydrogen) atoms. The van der Waals surface area contributed by atoms with Gasteiger partial charge in [-0.25, -0.2) is 0 Å². The molecule has 0 radical (unpaired) electrons. The summed E-state index contributed by atoms with van der Waals surface area (Å²) < 4.78 is 10.5. The van der Waals surface area contributed by atoms with E-state index in [4.69, 9.17) is 9.47 Å². The summed E-state index contributed by atoms with van der Waals surface area (Å²) in [4.78, 5) is 3.16. The number of hydrogen-bond donors (Lipinski definition) is 1. The molecular formula is C13H15NO2. The van der Waals surface area contributed by atoms with Gasteiger partial charge < -0.3 is 14.5 Å². The third-order valence-electron chi connectivity index (χ3n) is 2.54. The lowest BCUT2D eigenvalue weighted by Crippen LogP contribution is -1.90. The molecule has 0 saturated carbocycles. The van der Waals surface area contributed by atoms with Crippen LogP contribution in [0.1, 0.15) is 5.69 Å². The average molecular weight is 217 g/mol. The van der Waals surface area contributed by atoms with Gasteiger partial charge >= 0.3 is 0 Å². The second-order valence-electron chi connectivity index (χ2n) is 3.64. The molecule has 84 valence electrons. The van der Waals surface area contributed by atoms with Gasteiger partial charge in [0.25, 0.3) is 0 Å². The van der Waals surface area contributed by atoms with Crippen LogP contribution in [-0.4, -0.2) is 19.2 Å². The van der Waals surface area contributed by atoms with E-state index in [0.717, 1.165) is 28.3 Å². The minimum absolute atomic E-state index is 0.749. The molecule has 3 heteroatoms. The van der Waals surface area contributed by atoms with Crippen LogP contribution in [0.25, 0.3) is 11.1 Å². The fourth-order valence-corrected chi connectivity index (χ4v) is 1.69. The topological polar surface area (TPSA) is 34.2 Å². The zero-order chi connectivity index (χ0) is 11.5. The first-order valence-corrected chi connectivity index (χ1v) is 5.12. The van der Waals surface area contributed by atoms with E-state index < -0.39 is 0 Å². The first-order chi connectivity index (χ1) is 7.74. The third-order valence-corrected chi connectivity index (χ3v) is 2.54. The highest BCUT2D eigenvalue weighted by atomic mass is 16.5. The van der Waals surface area contributed by atoms with Crippen LogP contribution in [-0.2, 0) is 0 Å². The minimum Gasteiger partial charge on any atom is -0.493 e. The summed E-state index contributed by atoms with van der Waals surface area (Å²) in [5.74, 6) is 1.50. The Morgan fingerprint density at radius 3 is 2.25 bits per heavy atom. The largest absolute Gasteiger partial charge is 0.493 e. The molecule has 3 nitrogen and oxygen atoms in total. The van der Waals surface area contributed by atoms with Crippen molar-refractivity contribution in [1.82, 2.24) is 4.98 Å². The van der Waals surface area contributed by atoms with Crippen LogP contribution in [0.5, 0.6) is 11.5 Å². The normalized spacial score (nSPS) is 10.2. The van der Waals surface area contributed by atoms with Gasteiger partial charge in [-0.1, -0.05) is 6.07 Å². The Morgan fingerprint density at radius 2 is 1.69 bits per heavy atom. The van der Waals surface area contributed by atoms with Crippen molar-refractivity contribution < 1.29 is 9.47 Å². The number of nitrogens with one attached hydrogen (secondary N) is 1. The summed E-state index contributed by atoms with van der Waals surface area (Å²) in [7, 11) is 3.28. The van der Waals surface area contributed by atoms with E-state index in [1.54, 1.807) is 14.2 Å². The Labute approximate surface area is 95.0 Å². The maximum absolute atomic E-state index is 5.27. The Bertz CT molecular complexity index is 488. The molecule has 0 saturated heterocycles. The number of H-pyrrole nitrogens is 1. The quantitative estimate of drug-likeness (QED) is 0.857. The van der Waals surface area contributed by atoms with E-state index in [2.05, 4.69) is 11.1 Å². The molecule has 0 spiro atoms. The molecule has 0 bridgehead atoms. The highest BCUT2D eigenvalue weighted by Gasteiger charge is 2.06. The fourth-order valence-electron chi connectivity index (χ4n) is 1.69. The molecule has 2 rings (SSSR count). The number of hydrogen-bond acceptors (Lipinski definition) is 2. The summed E-state index contributed by atoms with van der Waals surface area (Å²) >= 11 is 0. The van der Waals surface area contributed by atoms with Gasteiger partial charge in [0.1, 0.15) is 0 Å². The summed E-state index contributed by atoms with van der Waals surface area (Å²) in [6.07, 6.45) is 1.98. The molecule has 1 heterocycles. The summed E-state index contributed by atoms with van der Waals surface area (Å²) in [5, 5.41) is 0. The van der Waals surface area contributed by atoms with E-state index in [0.29, 0.717) is 0 Å². The molecule has 1 aromatic heterocycles. The molecule has 0 atom stereocenters. The minimum atomic E-state index is 0.749. The van der Waals surface area contributed by atoms with Crippen molar-refractivity contribution in [3.63, 3.8) is 0 Å². The van der Waals surface area contributed by atoms with Gasteiger partial charge in [0.2, 0.25) is 0 Å². The number of benzene rings is 1. The van der Waals surface area contributed by atoms with Gasteiger partial charge in [-0.15, -0.1) is 0 Å². The van der Waals surface area contributed by atoms with E-state index >= 15 is 0 Å². The van der Waals surface area contributed by atoms with Crippen molar-refractivity contribution in [2.45, 2.75) is 6.92 Å². The predicted octanol–water partition coefficient (Wildman–Crippen LogP) is 3.01. The highest BCUT2D eigenvalue weighted by Crippen LogP contribution is 2.32.